The van der Waals surface area contributed by atoms with Crippen LogP contribution in [0, 0.1) is 0 Å². The average molecular weight is 480 g/mol. The van der Waals surface area contributed by atoms with Crippen LogP contribution in [0.4, 0.5) is 16.2 Å². The summed E-state index contributed by atoms with van der Waals surface area (Å²) in [4.78, 5) is 29.6. The van der Waals surface area contributed by atoms with Crippen molar-refractivity contribution in [2.45, 2.75) is 11.4 Å². The molecule has 2 heterocycles. The summed E-state index contributed by atoms with van der Waals surface area (Å²) in [5.74, 6) is 1.24. The number of urea groups is 1. The predicted octanol–water partition coefficient (Wildman–Crippen LogP) is 5.33. The van der Waals surface area contributed by atoms with Crippen molar-refractivity contribution in [3.8, 4) is 5.75 Å². The Bertz CT molecular complexity index is 1220. The molecular weight excluding hydrogens is 458 g/mol. The van der Waals surface area contributed by atoms with E-state index in [4.69, 9.17) is 16.3 Å². The maximum atomic E-state index is 14.0. The van der Waals surface area contributed by atoms with Gasteiger partial charge in [0.15, 0.2) is 4.87 Å². The Labute approximate surface area is 201 Å². The van der Waals surface area contributed by atoms with Gasteiger partial charge < -0.3 is 15.0 Å². The lowest BCUT2D eigenvalue weighted by Crippen LogP contribution is -2.51. The largest absolute Gasteiger partial charge is 0.497 e. The number of halogens is 1. The molecular formula is C25H22ClN3O3S. The Kier molecular flexibility index (Phi) is 5.68. The highest BCUT2D eigenvalue weighted by molar-refractivity contribution is 8.01. The number of amides is 3. The monoisotopic (exact) mass is 479 g/mol. The normalized spacial score (nSPS) is 19.2. The van der Waals surface area contributed by atoms with E-state index in [1.54, 1.807) is 41.2 Å². The van der Waals surface area contributed by atoms with Gasteiger partial charge in [-0.15, -0.1) is 11.8 Å². The topological polar surface area (TPSA) is 61.9 Å². The zero-order valence-electron chi connectivity index (χ0n) is 18.0. The highest BCUT2D eigenvalue weighted by Gasteiger charge is 2.59. The van der Waals surface area contributed by atoms with Crippen LogP contribution in [-0.2, 0) is 16.2 Å². The van der Waals surface area contributed by atoms with Gasteiger partial charge in [-0.3, -0.25) is 9.69 Å². The summed E-state index contributed by atoms with van der Waals surface area (Å²) in [5, 5.41) is 3.55. The predicted molar refractivity (Wildman–Crippen MR) is 132 cm³/mol. The number of anilines is 2. The third-order valence-electron chi connectivity index (χ3n) is 5.97. The molecule has 1 saturated heterocycles. The molecule has 33 heavy (non-hydrogen) atoms. The number of carbonyl (C=O) groups excluding carboxylic acids is 2. The number of hydrogen-bond donors (Lipinski definition) is 1. The van der Waals surface area contributed by atoms with Gasteiger partial charge in [-0.1, -0.05) is 48.0 Å². The first-order valence-electron chi connectivity index (χ1n) is 10.6. The van der Waals surface area contributed by atoms with E-state index in [9.17, 15) is 9.59 Å². The van der Waals surface area contributed by atoms with Crippen LogP contribution in [0.3, 0.4) is 0 Å². The van der Waals surface area contributed by atoms with E-state index >= 15 is 0 Å². The van der Waals surface area contributed by atoms with Gasteiger partial charge in [0.2, 0.25) is 0 Å². The van der Waals surface area contributed by atoms with Gasteiger partial charge in [0.1, 0.15) is 5.75 Å². The van der Waals surface area contributed by atoms with Crippen molar-refractivity contribution in [2.75, 3.05) is 29.6 Å². The molecule has 168 valence electrons. The van der Waals surface area contributed by atoms with E-state index < -0.39 is 4.87 Å². The number of methoxy groups -OCH3 is 1. The van der Waals surface area contributed by atoms with Gasteiger partial charge in [-0.05, 0) is 42.0 Å². The number of thioether (sulfide) groups is 1. The fraction of sp³-hybridized carbons (Fsp3) is 0.200. The van der Waals surface area contributed by atoms with Gasteiger partial charge in [0.05, 0.1) is 19.3 Å². The lowest BCUT2D eigenvalue weighted by atomic mass is 10.1. The zero-order valence-corrected chi connectivity index (χ0v) is 19.5. The minimum atomic E-state index is -1.10. The Morgan fingerprint density at radius 1 is 1.09 bits per heavy atom. The third-order valence-corrected chi connectivity index (χ3v) is 7.76. The summed E-state index contributed by atoms with van der Waals surface area (Å²) in [6.45, 7) is 0.804. The zero-order chi connectivity index (χ0) is 23.0. The maximum Gasteiger partial charge on any atom is 0.323 e. The van der Waals surface area contributed by atoms with Crippen molar-refractivity contribution in [3.05, 3.63) is 88.9 Å². The average Bonchev–Trinajstić information content (AvgIpc) is 3.38. The van der Waals surface area contributed by atoms with Crippen LogP contribution in [0.5, 0.6) is 5.75 Å². The van der Waals surface area contributed by atoms with E-state index in [2.05, 4.69) is 5.32 Å². The summed E-state index contributed by atoms with van der Waals surface area (Å²) in [5.41, 5.74) is 3.13. The lowest BCUT2D eigenvalue weighted by molar-refractivity contribution is -0.123. The van der Waals surface area contributed by atoms with Crippen LogP contribution >= 0.6 is 23.4 Å². The van der Waals surface area contributed by atoms with Crippen molar-refractivity contribution in [1.29, 1.82) is 0 Å². The third kappa shape index (κ3) is 3.61. The molecule has 2 aliphatic heterocycles. The van der Waals surface area contributed by atoms with Gasteiger partial charge in [-0.2, -0.15) is 0 Å². The van der Waals surface area contributed by atoms with E-state index in [1.165, 1.54) is 11.8 Å². The molecule has 5 rings (SSSR count). The minimum absolute atomic E-state index is 0.129. The number of fused-ring (bicyclic) bond motifs is 2. The lowest BCUT2D eigenvalue weighted by Gasteiger charge is -2.33. The highest BCUT2D eigenvalue weighted by Crippen LogP contribution is 2.54. The number of carbonyl (C=O) groups is 2. The van der Waals surface area contributed by atoms with E-state index in [0.29, 0.717) is 35.3 Å². The van der Waals surface area contributed by atoms with Crippen LogP contribution in [0.15, 0.2) is 72.8 Å². The quantitative estimate of drug-likeness (QED) is 0.549. The summed E-state index contributed by atoms with van der Waals surface area (Å²) in [6, 6.07) is 22.0. The van der Waals surface area contributed by atoms with Crippen molar-refractivity contribution >= 4 is 46.7 Å². The summed E-state index contributed by atoms with van der Waals surface area (Å²) < 4.78 is 5.19. The molecule has 3 amide bonds. The molecule has 0 unspecified atom stereocenters. The van der Waals surface area contributed by atoms with Crippen LogP contribution in [0.25, 0.3) is 0 Å². The molecule has 6 nitrogen and oxygen atoms in total. The molecule has 0 radical (unpaired) electrons. The van der Waals surface area contributed by atoms with E-state index in [-0.39, 0.29) is 11.9 Å². The minimum Gasteiger partial charge on any atom is -0.497 e. The van der Waals surface area contributed by atoms with Gasteiger partial charge in [0, 0.05) is 28.6 Å². The highest BCUT2D eigenvalue weighted by atomic mass is 35.5. The van der Waals surface area contributed by atoms with Crippen LogP contribution in [-0.4, -0.2) is 36.2 Å². The molecule has 1 fully saturated rings. The van der Waals surface area contributed by atoms with Crippen molar-refractivity contribution in [1.82, 2.24) is 4.90 Å². The number of hydrogen-bond acceptors (Lipinski definition) is 4. The number of rotatable bonds is 4. The van der Waals surface area contributed by atoms with E-state index in [0.717, 1.165) is 16.8 Å². The second-order valence-electron chi connectivity index (χ2n) is 7.80. The van der Waals surface area contributed by atoms with Crippen LogP contribution < -0.4 is 15.0 Å². The number of ether oxygens (including phenoxy) is 1. The Morgan fingerprint density at radius 2 is 1.82 bits per heavy atom. The van der Waals surface area contributed by atoms with E-state index in [1.807, 2.05) is 48.5 Å². The SMILES string of the molecule is COc1ccc(NC(=O)N2CCS[C@@]23C(=O)N(Cc2ccccc2Cl)c2ccccc23)cc1. The Hall–Kier alpha value is -3.16. The van der Waals surface area contributed by atoms with Crippen LogP contribution in [0.2, 0.25) is 5.02 Å². The van der Waals surface area contributed by atoms with Crippen molar-refractivity contribution in [2.24, 2.45) is 0 Å². The first-order chi connectivity index (χ1) is 16.0. The summed E-state index contributed by atoms with van der Waals surface area (Å²) in [7, 11) is 1.59. The fourth-order valence-electron chi connectivity index (χ4n) is 4.39. The Morgan fingerprint density at radius 3 is 2.58 bits per heavy atom. The second kappa shape index (κ2) is 8.65. The maximum absolute atomic E-state index is 14.0. The molecule has 0 aliphatic carbocycles. The van der Waals surface area contributed by atoms with Crippen molar-refractivity contribution in [3.63, 3.8) is 0 Å². The molecule has 3 aromatic carbocycles. The van der Waals surface area contributed by atoms with Crippen LogP contribution in [0.1, 0.15) is 11.1 Å². The smallest absolute Gasteiger partial charge is 0.323 e. The molecule has 8 heteroatoms. The molecule has 3 aromatic rings. The summed E-state index contributed by atoms with van der Waals surface area (Å²) >= 11 is 7.89. The first kappa shape index (κ1) is 21.7. The first-order valence-corrected chi connectivity index (χ1v) is 11.9. The molecule has 0 saturated carbocycles. The molecule has 1 spiro atoms. The van der Waals surface area contributed by atoms with Gasteiger partial charge >= 0.3 is 6.03 Å². The number of nitrogens with one attached hydrogen (secondary N) is 1. The molecule has 0 aromatic heterocycles. The number of para-hydroxylation sites is 1. The molecule has 0 bridgehead atoms. The number of benzene rings is 3. The van der Waals surface area contributed by atoms with Crippen molar-refractivity contribution < 1.29 is 14.3 Å². The fourth-order valence-corrected chi connectivity index (χ4v) is 6.04. The number of nitrogens with zero attached hydrogens (tertiary/aromatic N) is 2. The summed E-state index contributed by atoms with van der Waals surface area (Å²) in [6.07, 6.45) is 0. The molecule has 2 aliphatic rings. The molecule has 1 N–H and O–H groups in total. The second-order valence-corrected chi connectivity index (χ2v) is 9.50. The standard InChI is InChI=1S/C25H22ClN3O3S/c1-32-19-12-10-18(11-13-19)27-24(31)29-14-15-33-25(29)20-7-3-5-9-22(20)28(23(25)30)16-17-6-2-4-8-21(17)26/h2-13H,14-16H2,1H3,(H,27,31)/t25-/m0/s1. The van der Waals surface area contributed by atoms with Gasteiger partial charge in [-0.25, -0.2) is 4.79 Å². The van der Waals surface area contributed by atoms with Gasteiger partial charge in [0.25, 0.3) is 5.91 Å². The molecule has 1 atom stereocenters. The Balaban J connectivity index is 1.48.